The molecular formula is C5H13NaO3S2. The van der Waals surface area contributed by atoms with Crippen LogP contribution < -0.4 is 0 Å². The van der Waals surface area contributed by atoms with Gasteiger partial charge in [0.25, 0.3) is 10.1 Å². The van der Waals surface area contributed by atoms with Crippen LogP contribution in [0, 0.1) is 0 Å². The summed E-state index contributed by atoms with van der Waals surface area (Å²) < 4.78 is 26.0. The van der Waals surface area contributed by atoms with Crippen LogP contribution in [-0.2, 0) is 14.3 Å². The van der Waals surface area contributed by atoms with Gasteiger partial charge in [-0.1, -0.05) is 6.92 Å². The van der Waals surface area contributed by atoms with Crippen molar-refractivity contribution in [2.24, 2.45) is 0 Å². The zero-order chi connectivity index (χ0) is 8.04. The summed E-state index contributed by atoms with van der Waals surface area (Å²) in [4.78, 5) is 0. The molecule has 0 atom stereocenters. The molecule has 0 aliphatic rings. The van der Waals surface area contributed by atoms with Crippen LogP contribution >= 0.6 is 12.6 Å². The minimum absolute atomic E-state index is 0. The molecule has 0 spiro atoms. The summed E-state index contributed by atoms with van der Waals surface area (Å²) in [5, 5.41) is 0. The van der Waals surface area contributed by atoms with Crippen LogP contribution in [0.5, 0.6) is 0 Å². The van der Waals surface area contributed by atoms with Crippen molar-refractivity contribution in [3.63, 3.8) is 0 Å². The molecular weight excluding hydrogens is 195 g/mol. The van der Waals surface area contributed by atoms with Gasteiger partial charge in [-0.15, -0.1) is 0 Å². The number of thiol groups is 1. The first-order chi connectivity index (χ1) is 4.62. The maximum absolute atomic E-state index is 10.7. The van der Waals surface area contributed by atoms with Gasteiger partial charge in [0.2, 0.25) is 0 Å². The number of hydrogen-bond donors (Lipinski definition) is 1. The van der Waals surface area contributed by atoms with Crippen molar-refractivity contribution < 1.29 is 12.6 Å². The summed E-state index contributed by atoms with van der Waals surface area (Å²) in [6.45, 7) is 1.97. The summed E-state index contributed by atoms with van der Waals surface area (Å²) in [5.74, 6) is 0.531. The van der Waals surface area contributed by atoms with Gasteiger partial charge in [0, 0.05) is 5.75 Å². The average molecular weight is 208 g/mol. The van der Waals surface area contributed by atoms with Gasteiger partial charge in [0.15, 0.2) is 0 Å². The Balaban J connectivity index is 0. The molecule has 0 bridgehead atoms. The van der Waals surface area contributed by atoms with Gasteiger partial charge in [0.1, 0.15) is 0 Å². The SMILES string of the molecule is CCCS(=O)(=O)OCCS.[NaH]. The Kier molecular flexibility index (Phi) is 10.6. The second-order valence-corrected chi connectivity index (χ2v) is 4.01. The summed E-state index contributed by atoms with van der Waals surface area (Å²) in [6, 6.07) is 0. The van der Waals surface area contributed by atoms with Crippen molar-refractivity contribution in [1.29, 1.82) is 0 Å². The monoisotopic (exact) mass is 208 g/mol. The van der Waals surface area contributed by atoms with E-state index in [9.17, 15) is 8.42 Å². The molecule has 0 saturated heterocycles. The van der Waals surface area contributed by atoms with Crippen LogP contribution in [0.4, 0.5) is 0 Å². The second kappa shape index (κ2) is 7.89. The van der Waals surface area contributed by atoms with Crippen molar-refractivity contribution in [2.75, 3.05) is 18.1 Å². The molecule has 0 radical (unpaired) electrons. The van der Waals surface area contributed by atoms with Gasteiger partial charge >= 0.3 is 29.6 Å². The Morgan fingerprint density at radius 1 is 1.45 bits per heavy atom. The van der Waals surface area contributed by atoms with Gasteiger partial charge in [-0.05, 0) is 6.42 Å². The fourth-order valence-corrected chi connectivity index (χ4v) is 1.64. The zero-order valence-electron chi connectivity index (χ0n) is 5.91. The van der Waals surface area contributed by atoms with E-state index in [2.05, 4.69) is 16.8 Å². The molecule has 0 amide bonds. The quantitative estimate of drug-likeness (QED) is 0.393. The molecule has 0 unspecified atom stereocenters. The molecule has 0 aromatic carbocycles. The van der Waals surface area contributed by atoms with Crippen molar-refractivity contribution in [3.05, 3.63) is 0 Å². The zero-order valence-corrected chi connectivity index (χ0v) is 7.62. The van der Waals surface area contributed by atoms with Gasteiger partial charge in [0.05, 0.1) is 12.4 Å². The number of rotatable bonds is 5. The first-order valence-corrected chi connectivity index (χ1v) is 5.31. The Morgan fingerprint density at radius 3 is 2.36 bits per heavy atom. The first-order valence-electron chi connectivity index (χ1n) is 3.10. The van der Waals surface area contributed by atoms with Gasteiger partial charge in [-0.3, -0.25) is 4.18 Å². The van der Waals surface area contributed by atoms with Crippen LogP contribution in [0.3, 0.4) is 0 Å². The summed E-state index contributed by atoms with van der Waals surface area (Å²) in [6.07, 6.45) is 0.592. The van der Waals surface area contributed by atoms with Crippen LogP contribution in [0.1, 0.15) is 13.3 Å². The van der Waals surface area contributed by atoms with Gasteiger partial charge in [-0.2, -0.15) is 21.0 Å². The molecule has 0 aliphatic carbocycles. The molecule has 0 aromatic rings. The van der Waals surface area contributed by atoms with Crippen LogP contribution in [-0.4, -0.2) is 56.1 Å². The molecule has 0 aliphatic heterocycles. The standard InChI is InChI=1S/C5H12O3S2.Na.H/c1-2-5-10(6,7)8-3-4-9;;/h9H,2-5H2,1H3;;. The van der Waals surface area contributed by atoms with E-state index < -0.39 is 10.1 Å². The summed E-state index contributed by atoms with van der Waals surface area (Å²) in [5.41, 5.74) is 0. The van der Waals surface area contributed by atoms with E-state index in [4.69, 9.17) is 0 Å². The predicted octanol–water partition coefficient (Wildman–Crippen LogP) is 0.0241. The van der Waals surface area contributed by atoms with Crippen molar-refractivity contribution in [2.45, 2.75) is 13.3 Å². The van der Waals surface area contributed by atoms with E-state index >= 15 is 0 Å². The third-order valence-electron chi connectivity index (χ3n) is 0.808. The predicted molar refractivity (Wildman–Crippen MR) is 51.0 cm³/mol. The fraction of sp³-hybridized carbons (Fsp3) is 1.00. The third-order valence-corrected chi connectivity index (χ3v) is 2.42. The van der Waals surface area contributed by atoms with E-state index in [0.29, 0.717) is 12.2 Å². The van der Waals surface area contributed by atoms with E-state index in [1.54, 1.807) is 6.92 Å². The van der Waals surface area contributed by atoms with E-state index in [0.717, 1.165) is 0 Å². The van der Waals surface area contributed by atoms with Crippen LogP contribution in [0.25, 0.3) is 0 Å². The van der Waals surface area contributed by atoms with Gasteiger partial charge < -0.3 is 0 Å². The van der Waals surface area contributed by atoms with E-state index in [1.807, 2.05) is 0 Å². The fourth-order valence-electron chi connectivity index (χ4n) is 0.473. The second-order valence-electron chi connectivity index (χ2n) is 1.81. The minimum atomic E-state index is -3.24. The van der Waals surface area contributed by atoms with Crippen molar-refractivity contribution >= 4 is 52.3 Å². The normalized spacial score (nSPS) is 10.7. The van der Waals surface area contributed by atoms with Crippen molar-refractivity contribution in [1.82, 2.24) is 0 Å². The Labute approximate surface area is 95.7 Å². The maximum atomic E-state index is 10.7. The molecule has 3 nitrogen and oxygen atoms in total. The van der Waals surface area contributed by atoms with Gasteiger partial charge in [-0.25, -0.2) is 0 Å². The van der Waals surface area contributed by atoms with E-state index in [-0.39, 0.29) is 41.9 Å². The summed E-state index contributed by atoms with van der Waals surface area (Å²) >= 11 is 3.81. The molecule has 0 rings (SSSR count). The molecule has 0 fully saturated rings. The first kappa shape index (κ1) is 14.8. The topological polar surface area (TPSA) is 43.4 Å². The molecule has 64 valence electrons. The molecule has 0 aromatic heterocycles. The van der Waals surface area contributed by atoms with Crippen LogP contribution in [0.15, 0.2) is 0 Å². The molecule has 0 saturated carbocycles. The molecule has 0 N–H and O–H groups in total. The molecule has 6 heteroatoms. The third kappa shape index (κ3) is 9.17. The average Bonchev–Trinajstić information content (AvgIpc) is 1.84. The Morgan fingerprint density at radius 2 is 2.00 bits per heavy atom. The van der Waals surface area contributed by atoms with E-state index in [1.165, 1.54) is 0 Å². The van der Waals surface area contributed by atoms with Crippen molar-refractivity contribution in [3.8, 4) is 0 Å². The molecule has 0 heterocycles. The molecule has 11 heavy (non-hydrogen) atoms. The van der Waals surface area contributed by atoms with Crippen LogP contribution in [0.2, 0.25) is 0 Å². The Bertz CT molecular complexity index is 167. The Hall–Kier alpha value is 1.26. The number of hydrogen-bond acceptors (Lipinski definition) is 4. The summed E-state index contributed by atoms with van der Waals surface area (Å²) in [7, 11) is -3.24.